The number of rotatable bonds is 8. The molecule has 2 rings (SSSR count). The van der Waals surface area contributed by atoms with E-state index in [0.717, 1.165) is 0 Å². The number of nitrogens with zero attached hydrogens (tertiary/aromatic N) is 1. The number of likely N-dealkylation sites (N-methyl/N-ethyl adjacent to an activating group) is 1. The van der Waals surface area contributed by atoms with Gasteiger partial charge in [0.2, 0.25) is 0 Å². The van der Waals surface area contributed by atoms with Crippen molar-refractivity contribution in [2.45, 2.75) is 8.87 Å². The fraction of sp³-hybridized carbons (Fsp3) is 0.263. The number of carboxylic acids is 2. The van der Waals surface area contributed by atoms with Crippen LogP contribution in [0, 0.1) is 0 Å². The van der Waals surface area contributed by atoms with E-state index in [-0.39, 0.29) is 34.2 Å². The van der Waals surface area contributed by atoms with Gasteiger partial charge in [0.25, 0.3) is 0 Å². The average Bonchev–Trinajstić information content (AvgIpc) is 2.56. The minimum atomic E-state index is -1.02. The summed E-state index contributed by atoms with van der Waals surface area (Å²) < 4.78 is 2.69. The molecule has 6 heteroatoms. The van der Waals surface area contributed by atoms with Crippen molar-refractivity contribution in [3.8, 4) is 0 Å². The normalized spacial score (nSPS) is 10.0. The van der Waals surface area contributed by atoms with Crippen molar-refractivity contribution < 1.29 is 19.8 Å². The molecule has 2 radical (unpaired) electrons. The van der Waals surface area contributed by atoms with E-state index in [0.29, 0.717) is 0 Å². The summed E-state index contributed by atoms with van der Waals surface area (Å²) in [6.07, 6.45) is 0. The van der Waals surface area contributed by atoms with Gasteiger partial charge in [-0.1, -0.05) is 0 Å². The summed E-state index contributed by atoms with van der Waals surface area (Å²) >= 11 is -0.258. The fourth-order valence-electron chi connectivity index (χ4n) is 2.06. The monoisotopic (exact) mass is 449 g/mol. The maximum absolute atomic E-state index is 9.96. The van der Waals surface area contributed by atoms with E-state index in [1.165, 1.54) is 31.9 Å². The van der Waals surface area contributed by atoms with Gasteiger partial charge in [-0.3, -0.25) is 14.5 Å². The Hall–Kier alpha value is -1.86. The minimum absolute atomic E-state index is 0.244. The Morgan fingerprint density at radius 2 is 1.16 bits per heavy atom. The van der Waals surface area contributed by atoms with E-state index in [1.54, 1.807) is 0 Å². The van der Waals surface area contributed by atoms with Gasteiger partial charge in [-0.15, -0.1) is 0 Å². The van der Waals surface area contributed by atoms with E-state index < -0.39 is 11.9 Å². The van der Waals surface area contributed by atoms with Crippen molar-refractivity contribution in [2.75, 3.05) is 20.1 Å². The predicted octanol–water partition coefficient (Wildman–Crippen LogP) is 2.18. The second-order valence-corrected chi connectivity index (χ2v) is 8.98. The summed E-state index contributed by atoms with van der Waals surface area (Å²) in [4.78, 5) is 21.1. The molecule has 0 atom stereocenters. The molecule has 0 saturated carbocycles. The van der Waals surface area contributed by atoms with Gasteiger partial charge in [0, 0.05) is 0 Å². The third-order valence-corrected chi connectivity index (χ3v) is 6.91. The second-order valence-electron chi connectivity index (χ2n) is 5.53. The molecule has 0 spiro atoms. The second kappa shape index (κ2) is 12.5. The Labute approximate surface area is 158 Å². The molecule has 0 amide bonds. The summed E-state index contributed by atoms with van der Waals surface area (Å²) in [5.74, 6) is -2.05. The van der Waals surface area contributed by atoms with E-state index >= 15 is 0 Å². The predicted molar refractivity (Wildman–Crippen MR) is 98.8 cm³/mol. The number of carbonyl (C=O) groups is 2. The van der Waals surface area contributed by atoms with Crippen LogP contribution < -0.4 is 0 Å². The molecular formula is C19H23NO4Sn. The Bertz CT molecular complexity index is 579. The van der Waals surface area contributed by atoms with Gasteiger partial charge >= 0.3 is 114 Å². The Morgan fingerprint density at radius 3 is 1.48 bits per heavy atom. The van der Waals surface area contributed by atoms with Crippen LogP contribution in [0.4, 0.5) is 0 Å². The van der Waals surface area contributed by atoms with Gasteiger partial charge < -0.3 is 10.2 Å². The van der Waals surface area contributed by atoms with Crippen molar-refractivity contribution in [1.29, 1.82) is 0 Å². The molecule has 2 aromatic carbocycles. The maximum atomic E-state index is 9.96. The first-order valence-electron chi connectivity index (χ1n) is 7.88. The van der Waals surface area contributed by atoms with Crippen molar-refractivity contribution in [3.05, 3.63) is 71.8 Å². The number of hydrogen-bond acceptors (Lipinski definition) is 3. The molecule has 0 bridgehead atoms. The van der Waals surface area contributed by atoms with E-state index in [4.69, 9.17) is 10.2 Å². The van der Waals surface area contributed by atoms with Crippen LogP contribution in [-0.4, -0.2) is 68.3 Å². The average molecular weight is 448 g/mol. The molecule has 0 fully saturated rings. The fourth-order valence-corrected chi connectivity index (χ4v) is 5.41. The first-order chi connectivity index (χ1) is 12.0. The molecule has 0 aliphatic rings. The first kappa shape index (κ1) is 21.2. The summed E-state index contributed by atoms with van der Waals surface area (Å²) in [5, 5.41) is 16.3. The van der Waals surface area contributed by atoms with Crippen LogP contribution in [-0.2, 0) is 18.5 Å². The molecule has 25 heavy (non-hydrogen) atoms. The van der Waals surface area contributed by atoms with E-state index in [9.17, 15) is 9.59 Å². The third-order valence-electron chi connectivity index (χ3n) is 3.15. The molecule has 0 unspecified atom stereocenters. The van der Waals surface area contributed by atoms with Crippen LogP contribution in [0.2, 0.25) is 0 Å². The Morgan fingerprint density at radius 1 is 0.800 bits per heavy atom. The summed E-state index contributed by atoms with van der Waals surface area (Å²) in [6.45, 7) is -0.488. The van der Waals surface area contributed by atoms with Crippen LogP contribution in [0.1, 0.15) is 11.1 Å². The van der Waals surface area contributed by atoms with Gasteiger partial charge in [-0.25, -0.2) is 0 Å². The molecule has 0 aromatic heterocycles. The molecular weight excluding hydrogens is 425 g/mol. The van der Waals surface area contributed by atoms with Crippen LogP contribution in [0.15, 0.2) is 60.7 Å². The molecule has 5 nitrogen and oxygen atoms in total. The van der Waals surface area contributed by atoms with Gasteiger partial charge in [0.1, 0.15) is 0 Å². The van der Waals surface area contributed by atoms with Crippen molar-refractivity contribution in [1.82, 2.24) is 4.90 Å². The molecule has 0 aliphatic heterocycles. The number of aliphatic carboxylic acids is 2. The summed E-state index contributed by atoms with van der Waals surface area (Å²) in [6, 6.07) is 21.7. The molecule has 0 saturated heterocycles. The zero-order valence-corrected chi connectivity index (χ0v) is 17.1. The third kappa shape index (κ3) is 11.3. The van der Waals surface area contributed by atoms with Crippen LogP contribution in [0.25, 0.3) is 0 Å². The van der Waals surface area contributed by atoms with Crippen molar-refractivity contribution in [2.24, 2.45) is 0 Å². The molecule has 0 aliphatic carbocycles. The van der Waals surface area contributed by atoms with Crippen molar-refractivity contribution >= 4 is 33.1 Å². The van der Waals surface area contributed by atoms with Gasteiger partial charge in [-0.2, -0.15) is 0 Å². The standard InChI is InChI=1S/2C7H7.C5H9NO4.Sn/c2*1-7-5-3-2-4-6-7;1-6(2-4(7)8)3-5(9)10;/h2*2-6H,1H2;2-3H2,1H3,(H,7,8)(H,9,10);. The van der Waals surface area contributed by atoms with E-state index in [2.05, 4.69) is 60.7 Å². The summed E-state index contributed by atoms with van der Waals surface area (Å²) in [5.41, 5.74) is 3.03. The Kier molecular flexibility index (Phi) is 10.6. The van der Waals surface area contributed by atoms with Gasteiger partial charge in [0.15, 0.2) is 0 Å². The topological polar surface area (TPSA) is 77.8 Å². The first-order valence-corrected chi connectivity index (χ1v) is 11.9. The SMILES string of the molecule is CN(CC(=O)O)CC(=O)O.c1ccc([CH2][Sn][CH2]c2ccccc2)cc1. The molecule has 2 N–H and O–H groups in total. The molecule has 132 valence electrons. The van der Waals surface area contributed by atoms with Crippen molar-refractivity contribution in [3.63, 3.8) is 0 Å². The molecule has 2 aromatic rings. The van der Waals surface area contributed by atoms with E-state index in [1.807, 2.05) is 0 Å². The quantitative estimate of drug-likeness (QED) is 0.606. The zero-order valence-electron chi connectivity index (χ0n) is 14.3. The number of carboxylic acid groups (broad SMARTS) is 2. The van der Waals surface area contributed by atoms with Crippen LogP contribution in [0.5, 0.6) is 0 Å². The zero-order chi connectivity index (χ0) is 18.5. The Balaban J connectivity index is 0.000000275. The van der Waals surface area contributed by atoms with Gasteiger partial charge in [-0.05, 0) is 7.05 Å². The van der Waals surface area contributed by atoms with Crippen LogP contribution >= 0.6 is 0 Å². The number of hydrogen-bond donors (Lipinski definition) is 2. The summed E-state index contributed by atoms with van der Waals surface area (Å²) in [7, 11) is 1.43. The molecule has 0 heterocycles. The number of benzene rings is 2. The van der Waals surface area contributed by atoms with Gasteiger partial charge in [0.05, 0.1) is 13.1 Å². The van der Waals surface area contributed by atoms with Crippen LogP contribution in [0.3, 0.4) is 0 Å².